The van der Waals surface area contributed by atoms with Crippen LogP contribution in [0.4, 0.5) is 0 Å². The van der Waals surface area contributed by atoms with Gasteiger partial charge >= 0.3 is 23.9 Å². The molecule has 1 saturated heterocycles. The Labute approximate surface area is 272 Å². The summed E-state index contributed by atoms with van der Waals surface area (Å²) in [6.45, 7) is 7.40. The van der Waals surface area contributed by atoms with Crippen molar-refractivity contribution in [3.8, 4) is 0 Å². The molecule has 0 amide bonds. The lowest BCUT2D eigenvalue weighted by Crippen LogP contribution is -2.42. The number of ether oxygens (including phenoxy) is 4. The minimum atomic E-state index is -1.22. The lowest BCUT2D eigenvalue weighted by Gasteiger charge is -2.25. The minimum Gasteiger partial charge on any atom is -0.461 e. The van der Waals surface area contributed by atoms with Gasteiger partial charge in [0.15, 0.2) is 17.6 Å². The fraction of sp³-hybridized carbons (Fsp3) is 0.243. The Kier molecular flexibility index (Phi) is 10.2. The molecular formula is C37H34O8S. The van der Waals surface area contributed by atoms with E-state index in [9.17, 15) is 19.2 Å². The van der Waals surface area contributed by atoms with Crippen LogP contribution in [-0.4, -0.2) is 53.4 Å². The summed E-state index contributed by atoms with van der Waals surface area (Å²) in [6.07, 6.45) is -2.35. The van der Waals surface area contributed by atoms with Crippen molar-refractivity contribution < 1.29 is 38.1 Å². The Morgan fingerprint density at radius 3 is 1.20 bits per heavy atom. The number of esters is 4. The van der Waals surface area contributed by atoms with Gasteiger partial charge in [0.2, 0.25) is 0 Å². The summed E-state index contributed by atoms with van der Waals surface area (Å²) in [5, 5.41) is -0.740. The summed E-state index contributed by atoms with van der Waals surface area (Å²) in [5.74, 6) is -2.56. The quantitative estimate of drug-likeness (QED) is 0.144. The first-order chi connectivity index (χ1) is 22.1. The lowest BCUT2D eigenvalue weighted by atomic mass is 10.1. The van der Waals surface area contributed by atoms with Crippen LogP contribution in [0.2, 0.25) is 0 Å². The number of carbonyl (C=O) groups is 4. The molecule has 4 aromatic rings. The molecule has 46 heavy (non-hydrogen) atoms. The maximum absolute atomic E-state index is 13.4. The molecule has 0 aliphatic carbocycles. The van der Waals surface area contributed by atoms with Crippen molar-refractivity contribution in [1.82, 2.24) is 0 Å². The number of rotatable bonds is 9. The maximum Gasteiger partial charge on any atom is 0.339 e. The summed E-state index contributed by atoms with van der Waals surface area (Å²) in [6, 6.07) is 27.4. The van der Waals surface area contributed by atoms with E-state index >= 15 is 0 Å². The Bertz CT molecular complexity index is 1700. The Hall–Kier alpha value is -4.89. The molecule has 9 heteroatoms. The van der Waals surface area contributed by atoms with E-state index in [1.54, 1.807) is 97.1 Å². The number of aryl methyl sites for hydroxylation is 4. The summed E-state index contributed by atoms with van der Waals surface area (Å²) < 4.78 is 23.5. The second kappa shape index (κ2) is 14.5. The van der Waals surface area contributed by atoms with Crippen LogP contribution in [0.1, 0.15) is 63.7 Å². The van der Waals surface area contributed by atoms with Gasteiger partial charge in [-0.05, 0) is 76.2 Å². The third-order valence-electron chi connectivity index (χ3n) is 7.50. The molecular weight excluding hydrogens is 604 g/mol. The van der Waals surface area contributed by atoms with Crippen LogP contribution in [0, 0.1) is 27.7 Å². The van der Waals surface area contributed by atoms with Crippen molar-refractivity contribution in [2.45, 2.75) is 50.6 Å². The summed E-state index contributed by atoms with van der Waals surface area (Å²) in [4.78, 5) is 52.9. The van der Waals surface area contributed by atoms with Gasteiger partial charge in [-0.2, -0.15) is 0 Å². The van der Waals surface area contributed by atoms with E-state index in [0.717, 1.165) is 34.0 Å². The van der Waals surface area contributed by atoms with Gasteiger partial charge in [0, 0.05) is 0 Å². The Morgan fingerprint density at radius 2 is 0.804 bits per heavy atom. The second-order valence-electron chi connectivity index (χ2n) is 11.3. The van der Waals surface area contributed by atoms with Crippen LogP contribution < -0.4 is 0 Å². The molecule has 4 aromatic carbocycles. The van der Waals surface area contributed by atoms with Crippen molar-refractivity contribution in [2.75, 3.05) is 6.61 Å². The smallest absolute Gasteiger partial charge is 0.339 e. The number of thioether (sulfide) groups is 1. The first kappa shape index (κ1) is 32.5. The predicted molar refractivity (Wildman–Crippen MR) is 174 cm³/mol. The first-order valence-electron chi connectivity index (χ1n) is 14.8. The van der Waals surface area contributed by atoms with Crippen molar-refractivity contribution in [3.05, 3.63) is 142 Å². The molecule has 1 aliphatic rings. The second-order valence-corrected chi connectivity index (χ2v) is 12.6. The van der Waals surface area contributed by atoms with Crippen LogP contribution >= 0.6 is 11.8 Å². The fourth-order valence-corrected chi connectivity index (χ4v) is 6.11. The van der Waals surface area contributed by atoms with Crippen molar-refractivity contribution >= 4 is 35.6 Å². The number of carbonyl (C=O) groups excluding carboxylic acids is 4. The molecule has 1 unspecified atom stereocenters. The highest BCUT2D eigenvalue weighted by atomic mass is 32.2. The van der Waals surface area contributed by atoms with Gasteiger partial charge < -0.3 is 18.9 Å². The van der Waals surface area contributed by atoms with Crippen molar-refractivity contribution in [1.29, 1.82) is 0 Å². The van der Waals surface area contributed by atoms with Gasteiger partial charge in [0.25, 0.3) is 0 Å². The highest BCUT2D eigenvalue weighted by Crippen LogP contribution is 2.40. The standard InChI is InChI=1S/C37H34O8S/c1-22-5-13-26(14-6-22)33(38)42-21-30-31(43-34(39)27-15-7-23(2)8-16-27)32(44-35(40)28-17-9-24(3)10-18-28)37(46-30)45-36(41)29-19-11-25(4)12-20-29/h5-20,30-32,37H,21H2,1-4H3/t30-,31+,32-,37?/m0/s1. The van der Waals surface area contributed by atoms with Crippen molar-refractivity contribution in [3.63, 3.8) is 0 Å². The van der Waals surface area contributed by atoms with Gasteiger partial charge in [-0.25, -0.2) is 19.2 Å². The lowest BCUT2D eigenvalue weighted by molar-refractivity contribution is -0.0607. The molecule has 1 aliphatic heterocycles. The number of benzene rings is 4. The fourth-order valence-electron chi connectivity index (χ4n) is 4.74. The summed E-state index contributed by atoms with van der Waals surface area (Å²) in [5.41, 5.74) is 4.01. The van der Waals surface area contributed by atoms with Gasteiger partial charge in [-0.15, -0.1) is 11.8 Å². The molecule has 0 bridgehead atoms. The highest BCUT2D eigenvalue weighted by Gasteiger charge is 2.52. The van der Waals surface area contributed by atoms with Crippen LogP contribution in [-0.2, 0) is 18.9 Å². The van der Waals surface area contributed by atoms with E-state index in [-0.39, 0.29) is 17.7 Å². The molecule has 1 fully saturated rings. The average Bonchev–Trinajstić information content (AvgIpc) is 3.35. The third kappa shape index (κ3) is 8.03. The number of hydrogen-bond acceptors (Lipinski definition) is 9. The van der Waals surface area contributed by atoms with Gasteiger partial charge in [0.05, 0.1) is 27.5 Å². The van der Waals surface area contributed by atoms with Gasteiger partial charge in [-0.1, -0.05) is 70.8 Å². The highest BCUT2D eigenvalue weighted by molar-refractivity contribution is 8.00. The SMILES string of the molecule is Cc1ccc(C(=O)OC[C@@H]2SC(OC(=O)c3ccc(C)cc3)[C@@H](OC(=O)c3ccc(C)cc3)[C@@H]2OC(=O)c2ccc(C)cc2)cc1. The molecule has 0 N–H and O–H groups in total. The zero-order valence-electron chi connectivity index (χ0n) is 25.9. The van der Waals surface area contributed by atoms with Gasteiger partial charge in [0.1, 0.15) is 6.61 Å². The summed E-state index contributed by atoms with van der Waals surface area (Å²) in [7, 11) is 0. The van der Waals surface area contributed by atoms with Crippen LogP contribution in [0.5, 0.6) is 0 Å². The van der Waals surface area contributed by atoms with E-state index in [4.69, 9.17) is 18.9 Å². The van der Waals surface area contributed by atoms with E-state index in [2.05, 4.69) is 0 Å². The van der Waals surface area contributed by atoms with Crippen LogP contribution in [0.15, 0.2) is 97.1 Å². The molecule has 0 spiro atoms. The molecule has 0 radical (unpaired) electrons. The average molecular weight is 639 g/mol. The monoisotopic (exact) mass is 638 g/mol. The van der Waals surface area contributed by atoms with E-state index in [1.165, 1.54) is 0 Å². The molecule has 0 saturated carbocycles. The maximum atomic E-state index is 13.4. The zero-order valence-corrected chi connectivity index (χ0v) is 26.7. The summed E-state index contributed by atoms with van der Waals surface area (Å²) >= 11 is 1.10. The molecule has 236 valence electrons. The van der Waals surface area contributed by atoms with Crippen LogP contribution in [0.3, 0.4) is 0 Å². The van der Waals surface area contributed by atoms with E-state index in [0.29, 0.717) is 11.1 Å². The Balaban J connectivity index is 1.45. The molecule has 4 atom stereocenters. The third-order valence-corrected chi connectivity index (χ3v) is 8.89. The zero-order chi connectivity index (χ0) is 32.8. The van der Waals surface area contributed by atoms with Crippen molar-refractivity contribution in [2.24, 2.45) is 0 Å². The van der Waals surface area contributed by atoms with Gasteiger partial charge in [-0.3, -0.25) is 0 Å². The minimum absolute atomic E-state index is 0.208. The number of hydrogen-bond donors (Lipinski definition) is 0. The molecule has 0 aromatic heterocycles. The topological polar surface area (TPSA) is 105 Å². The van der Waals surface area contributed by atoms with E-state index in [1.807, 2.05) is 27.7 Å². The Morgan fingerprint density at radius 1 is 0.478 bits per heavy atom. The molecule has 1 heterocycles. The molecule has 5 rings (SSSR count). The largest absolute Gasteiger partial charge is 0.461 e. The molecule has 8 nitrogen and oxygen atoms in total. The first-order valence-corrected chi connectivity index (χ1v) is 15.7. The van der Waals surface area contributed by atoms with Crippen LogP contribution in [0.25, 0.3) is 0 Å². The predicted octanol–water partition coefficient (Wildman–Crippen LogP) is 6.83. The van der Waals surface area contributed by atoms with E-state index < -0.39 is 46.8 Å². The normalized spacial score (nSPS) is 18.8.